The van der Waals surface area contributed by atoms with Crippen LogP contribution in [0.15, 0.2) is 46.7 Å². The summed E-state index contributed by atoms with van der Waals surface area (Å²) in [5, 5.41) is 11.6. The highest BCUT2D eigenvalue weighted by Crippen LogP contribution is 2.32. The van der Waals surface area contributed by atoms with Crippen LogP contribution in [0.4, 0.5) is 5.82 Å². The largest absolute Gasteiger partial charge is 0.383 e. The second-order valence-corrected chi connectivity index (χ2v) is 5.77. The monoisotopic (exact) mass is 319 g/mol. The molecular formula is C16H9N5OS. The van der Waals surface area contributed by atoms with Gasteiger partial charge in [-0.05, 0) is 5.56 Å². The Labute approximate surface area is 134 Å². The van der Waals surface area contributed by atoms with Crippen LogP contribution in [0, 0.1) is 11.3 Å². The minimum atomic E-state index is -0.412. The standard InChI is InChI=1S/C16H9N5OS/c17-8-10-11(9-4-2-1-3-5-9)12-14(19-13(10)18)21-6-7-23-16(21)20-15(12)22/h1-7H,(H2,18,19). The molecule has 110 valence electrons. The van der Waals surface area contributed by atoms with Crippen LogP contribution in [-0.2, 0) is 0 Å². The zero-order chi connectivity index (χ0) is 16.0. The number of pyridine rings is 1. The van der Waals surface area contributed by atoms with E-state index in [1.165, 1.54) is 11.3 Å². The van der Waals surface area contributed by atoms with E-state index in [1.807, 2.05) is 35.7 Å². The molecule has 0 saturated heterocycles. The second kappa shape index (κ2) is 4.90. The predicted octanol–water partition coefficient (Wildman–Crippen LogP) is 2.43. The van der Waals surface area contributed by atoms with E-state index in [4.69, 9.17) is 5.73 Å². The van der Waals surface area contributed by atoms with E-state index in [-0.39, 0.29) is 11.4 Å². The summed E-state index contributed by atoms with van der Waals surface area (Å²) < 4.78 is 1.71. The lowest BCUT2D eigenvalue weighted by atomic mass is 9.98. The fourth-order valence-corrected chi connectivity index (χ4v) is 3.33. The van der Waals surface area contributed by atoms with Gasteiger partial charge >= 0.3 is 0 Å². The van der Waals surface area contributed by atoms with Crippen LogP contribution in [0.2, 0.25) is 0 Å². The molecule has 0 fully saturated rings. The summed E-state index contributed by atoms with van der Waals surface area (Å²) >= 11 is 1.34. The van der Waals surface area contributed by atoms with E-state index in [2.05, 4.69) is 16.0 Å². The molecule has 0 atom stereocenters. The van der Waals surface area contributed by atoms with Crippen LogP contribution in [0.5, 0.6) is 0 Å². The molecule has 3 heterocycles. The van der Waals surface area contributed by atoms with Gasteiger partial charge < -0.3 is 5.73 Å². The van der Waals surface area contributed by atoms with Gasteiger partial charge in [-0.15, -0.1) is 11.3 Å². The highest BCUT2D eigenvalue weighted by atomic mass is 32.1. The third kappa shape index (κ3) is 1.89. The van der Waals surface area contributed by atoms with Gasteiger partial charge in [-0.1, -0.05) is 30.3 Å². The number of aromatic nitrogens is 3. The summed E-state index contributed by atoms with van der Waals surface area (Å²) in [5.74, 6) is 0.101. The average Bonchev–Trinajstić information content (AvgIpc) is 3.03. The van der Waals surface area contributed by atoms with Crippen molar-refractivity contribution >= 4 is 33.1 Å². The first-order chi connectivity index (χ1) is 11.2. The molecule has 0 amide bonds. The van der Waals surface area contributed by atoms with Crippen molar-refractivity contribution in [2.45, 2.75) is 0 Å². The summed E-state index contributed by atoms with van der Waals surface area (Å²) in [6.07, 6.45) is 1.78. The lowest BCUT2D eigenvalue weighted by Gasteiger charge is -2.11. The minimum Gasteiger partial charge on any atom is -0.383 e. The van der Waals surface area contributed by atoms with Gasteiger partial charge in [0.15, 0.2) is 10.6 Å². The highest BCUT2D eigenvalue weighted by Gasteiger charge is 2.20. The Morgan fingerprint density at radius 2 is 2.00 bits per heavy atom. The maximum Gasteiger partial charge on any atom is 0.284 e. The Balaban J connectivity index is 2.32. The molecule has 0 aliphatic rings. The highest BCUT2D eigenvalue weighted by molar-refractivity contribution is 7.15. The summed E-state index contributed by atoms with van der Waals surface area (Å²) in [6, 6.07) is 11.3. The third-order valence-corrected chi connectivity index (χ3v) is 4.37. The molecule has 4 rings (SSSR count). The molecule has 7 heteroatoms. The molecule has 0 spiro atoms. The number of rotatable bonds is 1. The van der Waals surface area contributed by atoms with Crippen molar-refractivity contribution in [1.82, 2.24) is 14.4 Å². The number of nitrogen functional groups attached to an aromatic ring is 1. The van der Waals surface area contributed by atoms with Crippen LogP contribution in [0.25, 0.3) is 27.1 Å². The van der Waals surface area contributed by atoms with E-state index < -0.39 is 5.56 Å². The Morgan fingerprint density at radius 1 is 1.22 bits per heavy atom. The van der Waals surface area contributed by atoms with Crippen molar-refractivity contribution in [3.05, 3.63) is 57.8 Å². The molecule has 6 nitrogen and oxygen atoms in total. The summed E-state index contributed by atoms with van der Waals surface area (Å²) in [4.78, 5) is 21.5. The number of benzene rings is 1. The number of nitrogens with two attached hydrogens (primary N) is 1. The van der Waals surface area contributed by atoms with Crippen LogP contribution in [0.1, 0.15) is 5.56 Å². The smallest absolute Gasteiger partial charge is 0.284 e. The summed E-state index contributed by atoms with van der Waals surface area (Å²) in [5.41, 5.74) is 7.39. The van der Waals surface area contributed by atoms with Gasteiger partial charge in [-0.2, -0.15) is 10.2 Å². The average molecular weight is 319 g/mol. The Bertz CT molecular complexity index is 1150. The topological polar surface area (TPSA) is 97.1 Å². The first kappa shape index (κ1) is 13.4. The maximum atomic E-state index is 12.6. The van der Waals surface area contributed by atoms with E-state index >= 15 is 0 Å². The molecule has 1 aromatic carbocycles. The molecule has 0 radical (unpaired) electrons. The fraction of sp³-hybridized carbons (Fsp3) is 0. The Hall–Kier alpha value is -3.24. The summed E-state index contributed by atoms with van der Waals surface area (Å²) in [7, 11) is 0. The van der Waals surface area contributed by atoms with Gasteiger partial charge in [0.25, 0.3) is 5.56 Å². The molecule has 0 aliphatic carbocycles. The van der Waals surface area contributed by atoms with Crippen molar-refractivity contribution < 1.29 is 0 Å². The molecule has 23 heavy (non-hydrogen) atoms. The molecule has 0 saturated carbocycles. The predicted molar refractivity (Wildman–Crippen MR) is 89.2 cm³/mol. The zero-order valence-electron chi connectivity index (χ0n) is 11.7. The number of fused-ring (bicyclic) bond motifs is 3. The van der Waals surface area contributed by atoms with E-state index in [1.54, 1.807) is 10.6 Å². The normalized spacial score (nSPS) is 10.9. The van der Waals surface area contributed by atoms with E-state index in [0.29, 0.717) is 21.6 Å². The quantitative estimate of drug-likeness (QED) is 0.581. The maximum absolute atomic E-state index is 12.6. The molecule has 0 unspecified atom stereocenters. The third-order valence-electron chi connectivity index (χ3n) is 3.61. The lowest BCUT2D eigenvalue weighted by Crippen LogP contribution is -2.13. The van der Waals surface area contributed by atoms with Crippen molar-refractivity contribution in [3.8, 4) is 17.2 Å². The van der Waals surface area contributed by atoms with E-state index in [9.17, 15) is 10.1 Å². The van der Waals surface area contributed by atoms with Crippen LogP contribution < -0.4 is 11.3 Å². The Morgan fingerprint density at radius 3 is 2.74 bits per heavy atom. The minimum absolute atomic E-state index is 0.101. The Kier molecular flexibility index (Phi) is 2.86. The fourth-order valence-electron chi connectivity index (χ4n) is 2.63. The van der Waals surface area contributed by atoms with Crippen LogP contribution in [-0.4, -0.2) is 14.4 Å². The van der Waals surface area contributed by atoms with Gasteiger partial charge in [-0.3, -0.25) is 9.20 Å². The number of thiazole rings is 1. The van der Waals surface area contributed by atoms with Crippen LogP contribution in [0.3, 0.4) is 0 Å². The first-order valence-electron chi connectivity index (χ1n) is 6.75. The van der Waals surface area contributed by atoms with E-state index in [0.717, 1.165) is 5.56 Å². The molecule has 0 aliphatic heterocycles. The summed E-state index contributed by atoms with van der Waals surface area (Å²) in [6.45, 7) is 0. The van der Waals surface area contributed by atoms with Crippen molar-refractivity contribution in [2.24, 2.45) is 0 Å². The first-order valence-corrected chi connectivity index (χ1v) is 7.63. The van der Waals surface area contributed by atoms with Crippen molar-refractivity contribution in [1.29, 1.82) is 5.26 Å². The molecule has 0 bridgehead atoms. The number of hydrogen-bond donors (Lipinski definition) is 1. The van der Waals surface area contributed by atoms with Gasteiger partial charge in [0.2, 0.25) is 0 Å². The molecule has 4 aromatic rings. The van der Waals surface area contributed by atoms with Gasteiger partial charge in [0.05, 0.1) is 5.39 Å². The van der Waals surface area contributed by atoms with Crippen molar-refractivity contribution in [3.63, 3.8) is 0 Å². The number of nitrogens with zero attached hydrogens (tertiary/aromatic N) is 4. The van der Waals surface area contributed by atoms with Crippen molar-refractivity contribution in [2.75, 3.05) is 5.73 Å². The zero-order valence-corrected chi connectivity index (χ0v) is 12.5. The number of nitriles is 1. The van der Waals surface area contributed by atoms with Gasteiger partial charge in [0, 0.05) is 17.1 Å². The molecule has 3 aromatic heterocycles. The van der Waals surface area contributed by atoms with Gasteiger partial charge in [-0.25, -0.2) is 4.98 Å². The molecular weight excluding hydrogens is 310 g/mol. The van der Waals surface area contributed by atoms with Crippen LogP contribution >= 0.6 is 11.3 Å². The number of anilines is 1. The number of hydrogen-bond acceptors (Lipinski definition) is 6. The lowest BCUT2D eigenvalue weighted by molar-refractivity contribution is 1.13. The SMILES string of the molecule is N#Cc1c(N)nc2c(c1-c1ccccc1)c(=O)nc1sccn12. The van der Waals surface area contributed by atoms with Gasteiger partial charge in [0.1, 0.15) is 17.5 Å². The molecule has 2 N–H and O–H groups in total. The second-order valence-electron chi connectivity index (χ2n) is 4.90.